The average molecular weight is 646 g/mol. The van der Waals surface area contributed by atoms with Crippen LogP contribution in [0.25, 0.3) is 0 Å². The average Bonchev–Trinajstić information content (AvgIpc) is 3.03. The summed E-state index contributed by atoms with van der Waals surface area (Å²) in [5, 5.41) is 64.7. The molecule has 0 saturated carbocycles. The SMILES string of the molecule is CCCCCCCCCCCCCCCCCCC[C@@H](O)[C@@H](O)[C@H](CC[C@H]1O[C@H](CO)[C@H](O)[C@H](O)[C@H]1O)NC(=O)CCCCC. The van der Waals surface area contributed by atoms with Crippen LogP contribution in [0.5, 0.6) is 0 Å². The Morgan fingerprint density at radius 3 is 1.56 bits per heavy atom. The first-order valence-electron chi connectivity index (χ1n) is 18.7. The molecule has 268 valence electrons. The minimum absolute atomic E-state index is 0.157. The zero-order valence-corrected chi connectivity index (χ0v) is 28.8. The summed E-state index contributed by atoms with van der Waals surface area (Å²) in [7, 11) is 0. The molecule has 7 N–H and O–H groups in total. The van der Waals surface area contributed by atoms with Crippen LogP contribution in [-0.2, 0) is 9.53 Å². The van der Waals surface area contributed by atoms with E-state index in [1.807, 2.05) is 0 Å². The van der Waals surface area contributed by atoms with Crippen molar-refractivity contribution >= 4 is 5.91 Å². The van der Waals surface area contributed by atoms with Gasteiger partial charge in [0.1, 0.15) is 24.4 Å². The van der Waals surface area contributed by atoms with E-state index in [-0.39, 0.29) is 18.7 Å². The molecule has 9 nitrogen and oxygen atoms in total. The normalized spacial score (nSPS) is 24.0. The minimum Gasteiger partial charge on any atom is -0.394 e. The molecule has 1 aliphatic heterocycles. The fourth-order valence-electron chi connectivity index (χ4n) is 6.42. The van der Waals surface area contributed by atoms with E-state index in [2.05, 4.69) is 19.2 Å². The van der Waals surface area contributed by atoms with Crippen molar-refractivity contribution in [2.24, 2.45) is 0 Å². The van der Waals surface area contributed by atoms with E-state index in [9.17, 15) is 35.4 Å². The molecule has 1 heterocycles. The Morgan fingerprint density at radius 1 is 0.622 bits per heavy atom. The first-order valence-corrected chi connectivity index (χ1v) is 18.7. The van der Waals surface area contributed by atoms with Gasteiger partial charge in [-0.2, -0.15) is 0 Å². The number of carbonyl (C=O) groups is 1. The Kier molecular flexibility index (Phi) is 25.5. The first kappa shape index (κ1) is 42.2. The van der Waals surface area contributed by atoms with E-state index >= 15 is 0 Å². The molecule has 0 aromatic rings. The Hall–Kier alpha value is -0.810. The van der Waals surface area contributed by atoms with Crippen LogP contribution in [0.2, 0.25) is 0 Å². The summed E-state index contributed by atoms with van der Waals surface area (Å²) >= 11 is 0. The molecule has 1 rings (SSSR count). The van der Waals surface area contributed by atoms with Crippen LogP contribution < -0.4 is 5.32 Å². The molecule has 1 fully saturated rings. The number of hydrogen-bond donors (Lipinski definition) is 7. The Balaban J connectivity index is 2.32. The lowest BCUT2D eigenvalue weighted by atomic mass is 9.90. The monoisotopic (exact) mass is 646 g/mol. The number of amides is 1. The van der Waals surface area contributed by atoms with Crippen LogP contribution in [0.3, 0.4) is 0 Å². The van der Waals surface area contributed by atoms with Crippen molar-refractivity contribution in [3.8, 4) is 0 Å². The molecule has 9 heteroatoms. The Morgan fingerprint density at radius 2 is 1.07 bits per heavy atom. The molecule has 0 bridgehead atoms. The van der Waals surface area contributed by atoms with Gasteiger partial charge in [-0.25, -0.2) is 0 Å². The van der Waals surface area contributed by atoms with Crippen LogP contribution in [-0.4, -0.2) is 91.9 Å². The van der Waals surface area contributed by atoms with E-state index in [0.717, 1.165) is 38.5 Å². The third-order valence-corrected chi connectivity index (χ3v) is 9.52. The van der Waals surface area contributed by atoms with Crippen LogP contribution >= 0.6 is 0 Å². The number of rotatable bonds is 29. The van der Waals surface area contributed by atoms with Gasteiger partial charge in [0, 0.05) is 6.42 Å². The van der Waals surface area contributed by atoms with Gasteiger partial charge in [-0.15, -0.1) is 0 Å². The molecule has 8 atom stereocenters. The molecular weight excluding hydrogens is 574 g/mol. The smallest absolute Gasteiger partial charge is 0.220 e. The van der Waals surface area contributed by atoms with Gasteiger partial charge >= 0.3 is 0 Å². The maximum Gasteiger partial charge on any atom is 0.220 e. The van der Waals surface area contributed by atoms with Gasteiger partial charge in [0.05, 0.1) is 31.0 Å². The highest BCUT2D eigenvalue weighted by atomic mass is 16.5. The van der Waals surface area contributed by atoms with Gasteiger partial charge < -0.3 is 40.7 Å². The second-order valence-electron chi connectivity index (χ2n) is 13.6. The van der Waals surface area contributed by atoms with E-state index in [1.54, 1.807) is 0 Å². The fourth-order valence-corrected chi connectivity index (χ4v) is 6.42. The molecule has 0 aliphatic carbocycles. The molecule has 1 saturated heterocycles. The van der Waals surface area contributed by atoms with Crippen molar-refractivity contribution in [1.29, 1.82) is 0 Å². The number of ether oxygens (including phenoxy) is 1. The van der Waals surface area contributed by atoms with Crippen LogP contribution in [0.15, 0.2) is 0 Å². The number of unbranched alkanes of at least 4 members (excludes halogenated alkanes) is 18. The molecule has 0 radical (unpaired) electrons. The molecule has 1 aliphatic rings. The minimum atomic E-state index is -1.47. The third-order valence-electron chi connectivity index (χ3n) is 9.52. The van der Waals surface area contributed by atoms with Crippen molar-refractivity contribution in [2.45, 2.75) is 217 Å². The summed E-state index contributed by atoms with van der Waals surface area (Å²) in [4.78, 5) is 12.6. The highest BCUT2D eigenvalue weighted by Gasteiger charge is 2.43. The van der Waals surface area contributed by atoms with Crippen molar-refractivity contribution in [1.82, 2.24) is 5.32 Å². The maximum atomic E-state index is 12.6. The van der Waals surface area contributed by atoms with Gasteiger partial charge in [-0.3, -0.25) is 4.79 Å². The van der Waals surface area contributed by atoms with Crippen molar-refractivity contribution < 1.29 is 40.2 Å². The standard InChI is InChI=1S/C36H71NO8/c1-3-5-7-8-9-10-11-12-13-14-15-16-17-18-19-20-22-23-29(39)33(41)28(37-32(40)24-21-6-4-2)25-26-30-34(42)36(44)35(43)31(27-38)45-30/h28-31,33-36,38-39,41-44H,3-27H2,1-2H3,(H,37,40)/t28-,29+,30+,31+,33-,34-,35-,36+/m0/s1. The summed E-state index contributed by atoms with van der Waals surface area (Å²) in [5.74, 6) is -0.202. The lowest BCUT2D eigenvalue weighted by Crippen LogP contribution is -2.59. The van der Waals surface area contributed by atoms with Gasteiger partial charge in [0.25, 0.3) is 0 Å². The Labute approximate surface area is 274 Å². The zero-order chi connectivity index (χ0) is 33.3. The van der Waals surface area contributed by atoms with Gasteiger partial charge in [-0.05, 0) is 25.7 Å². The quantitative estimate of drug-likeness (QED) is 0.0530. The van der Waals surface area contributed by atoms with E-state index < -0.39 is 55.4 Å². The summed E-state index contributed by atoms with van der Waals surface area (Å²) in [5.41, 5.74) is 0. The molecule has 1 amide bonds. The summed E-state index contributed by atoms with van der Waals surface area (Å²) < 4.78 is 5.61. The van der Waals surface area contributed by atoms with Crippen LogP contribution in [0.1, 0.15) is 168 Å². The molecular formula is C36H71NO8. The lowest BCUT2D eigenvalue weighted by molar-refractivity contribution is -0.231. The van der Waals surface area contributed by atoms with E-state index in [1.165, 1.54) is 89.9 Å². The van der Waals surface area contributed by atoms with Crippen LogP contribution in [0, 0.1) is 0 Å². The zero-order valence-electron chi connectivity index (χ0n) is 28.8. The summed E-state index contributed by atoms with van der Waals surface area (Å²) in [6.07, 6.45) is 17.0. The number of aliphatic hydroxyl groups excluding tert-OH is 6. The summed E-state index contributed by atoms with van der Waals surface area (Å²) in [6.45, 7) is 3.81. The van der Waals surface area contributed by atoms with Crippen molar-refractivity contribution in [3.05, 3.63) is 0 Å². The molecule has 45 heavy (non-hydrogen) atoms. The summed E-state index contributed by atoms with van der Waals surface area (Å²) in [6, 6.07) is -0.757. The maximum absolute atomic E-state index is 12.6. The second kappa shape index (κ2) is 27.2. The predicted molar refractivity (Wildman–Crippen MR) is 180 cm³/mol. The lowest BCUT2D eigenvalue weighted by Gasteiger charge is -2.40. The number of nitrogens with one attached hydrogen (secondary N) is 1. The largest absolute Gasteiger partial charge is 0.394 e. The van der Waals surface area contributed by atoms with Crippen molar-refractivity contribution in [2.75, 3.05) is 6.61 Å². The number of hydrogen-bond acceptors (Lipinski definition) is 8. The molecule has 0 aromatic heterocycles. The number of aliphatic hydroxyl groups is 6. The van der Waals surface area contributed by atoms with Gasteiger partial charge in [0.15, 0.2) is 0 Å². The van der Waals surface area contributed by atoms with E-state index in [0.29, 0.717) is 12.8 Å². The molecule has 0 unspecified atom stereocenters. The topological polar surface area (TPSA) is 160 Å². The van der Waals surface area contributed by atoms with Crippen LogP contribution in [0.4, 0.5) is 0 Å². The predicted octanol–water partition coefficient (Wildman–Crippen LogP) is 5.44. The second-order valence-corrected chi connectivity index (χ2v) is 13.6. The van der Waals surface area contributed by atoms with Gasteiger partial charge in [0.2, 0.25) is 5.91 Å². The Bertz CT molecular complexity index is 696. The van der Waals surface area contributed by atoms with E-state index in [4.69, 9.17) is 4.74 Å². The fraction of sp³-hybridized carbons (Fsp3) is 0.972. The number of carbonyl (C=O) groups excluding carboxylic acids is 1. The van der Waals surface area contributed by atoms with Crippen molar-refractivity contribution in [3.63, 3.8) is 0 Å². The molecule has 0 aromatic carbocycles. The highest BCUT2D eigenvalue weighted by Crippen LogP contribution is 2.26. The van der Waals surface area contributed by atoms with Gasteiger partial charge in [-0.1, -0.05) is 136 Å². The molecule has 0 spiro atoms. The third kappa shape index (κ3) is 18.9. The first-order chi connectivity index (χ1) is 21.8. The highest BCUT2D eigenvalue weighted by molar-refractivity contribution is 5.76.